The summed E-state index contributed by atoms with van der Waals surface area (Å²) in [4.78, 5) is 4.39. The number of hydrogen-bond donors (Lipinski definition) is 1. The third-order valence-electron chi connectivity index (χ3n) is 3.64. The maximum atomic E-state index is 9.38. The summed E-state index contributed by atoms with van der Waals surface area (Å²) in [5, 5.41) is 19.4. The predicted molar refractivity (Wildman–Crippen MR) is 78.9 cm³/mol. The van der Waals surface area contributed by atoms with E-state index in [4.69, 9.17) is 5.26 Å². The number of unbranched alkanes of at least 4 members (excludes halogenated alkanes) is 1. The van der Waals surface area contributed by atoms with Crippen LogP contribution in [0.2, 0.25) is 0 Å². The van der Waals surface area contributed by atoms with Crippen LogP contribution < -0.4 is 0 Å². The Balaban J connectivity index is 2.02. The van der Waals surface area contributed by atoms with Gasteiger partial charge in [0.15, 0.2) is 0 Å². The molecule has 106 valence electrons. The smallest absolute Gasteiger partial charge is 0.140 e. The van der Waals surface area contributed by atoms with Gasteiger partial charge in [0.05, 0.1) is 18.1 Å². The second-order valence-corrected chi connectivity index (χ2v) is 5.83. The van der Waals surface area contributed by atoms with Gasteiger partial charge in [-0.25, -0.2) is 4.98 Å². The summed E-state index contributed by atoms with van der Waals surface area (Å²) in [5.41, 5.74) is 1.61. The van der Waals surface area contributed by atoms with Gasteiger partial charge in [0.2, 0.25) is 0 Å². The minimum absolute atomic E-state index is 0.0384. The molecular weight excluding hydrogens is 250 g/mol. The van der Waals surface area contributed by atoms with Crippen LogP contribution in [-0.2, 0) is 13.2 Å². The fourth-order valence-electron chi connectivity index (χ4n) is 2.40. The molecule has 0 bridgehead atoms. The van der Waals surface area contributed by atoms with E-state index in [2.05, 4.69) is 15.6 Å². The molecule has 2 aromatic rings. The van der Waals surface area contributed by atoms with Gasteiger partial charge in [0.25, 0.3) is 0 Å². The van der Waals surface area contributed by atoms with Crippen LogP contribution in [0.3, 0.4) is 0 Å². The SMILES string of the molecule is CC(C)(C#N)CCCCn1cc(CO)c2cccnc21. The summed E-state index contributed by atoms with van der Waals surface area (Å²) >= 11 is 0. The van der Waals surface area contributed by atoms with E-state index < -0.39 is 0 Å². The summed E-state index contributed by atoms with van der Waals surface area (Å²) in [7, 11) is 0. The molecule has 0 fully saturated rings. The lowest BCUT2D eigenvalue weighted by Crippen LogP contribution is -2.08. The number of nitriles is 1. The molecule has 0 saturated carbocycles. The molecule has 2 aromatic heterocycles. The predicted octanol–water partition coefficient (Wildman–Crippen LogP) is 3.25. The minimum atomic E-state index is -0.243. The zero-order chi connectivity index (χ0) is 14.6. The number of pyridine rings is 1. The molecule has 0 saturated heterocycles. The Morgan fingerprint density at radius 3 is 2.90 bits per heavy atom. The van der Waals surface area contributed by atoms with Gasteiger partial charge in [-0.3, -0.25) is 0 Å². The van der Waals surface area contributed by atoms with Crippen molar-refractivity contribution in [2.24, 2.45) is 5.41 Å². The van der Waals surface area contributed by atoms with Crippen LogP contribution in [0.1, 0.15) is 38.7 Å². The molecule has 4 heteroatoms. The molecule has 20 heavy (non-hydrogen) atoms. The van der Waals surface area contributed by atoms with Gasteiger partial charge in [-0.1, -0.05) is 6.42 Å². The lowest BCUT2D eigenvalue weighted by atomic mass is 9.89. The first-order valence-electron chi connectivity index (χ1n) is 7.02. The summed E-state index contributed by atoms with van der Waals surface area (Å²) in [6.45, 7) is 4.86. The van der Waals surface area contributed by atoms with Crippen molar-refractivity contribution in [1.29, 1.82) is 5.26 Å². The molecule has 0 atom stereocenters. The van der Waals surface area contributed by atoms with Crippen molar-refractivity contribution in [3.63, 3.8) is 0 Å². The quantitative estimate of drug-likeness (QED) is 0.820. The Morgan fingerprint density at radius 2 is 2.20 bits per heavy atom. The van der Waals surface area contributed by atoms with Crippen molar-refractivity contribution >= 4 is 11.0 Å². The fourth-order valence-corrected chi connectivity index (χ4v) is 2.40. The van der Waals surface area contributed by atoms with Crippen molar-refractivity contribution in [2.45, 2.75) is 46.3 Å². The maximum absolute atomic E-state index is 9.38. The zero-order valence-electron chi connectivity index (χ0n) is 12.1. The Hall–Kier alpha value is -1.86. The van der Waals surface area contributed by atoms with Crippen LogP contribution in [0.5, 0.6) is 0 Å². The monoisotopic (exact) mass is 271 g/mol. The van der Waals surface area contributed by atoms with Crippen LogP contribution in [0, 0.1) is 16.7 Å². The number of aryl methyl sites for hydroxylation is 1. The van der Waals surface area contributed by atoms with E-state index >= 15 is 0 Å². The molecule has 2 heterocycles. The average molecular weight is 271 g/mol. The highest BCUT2D eigenvalue weighted by molar-refractivity contribution is 5.80. The standard InChI is InChI=1S/C16H21N3O/c1-16(2,12-17)7-3-4-9-19-10-13(11-20)14-6-5-8-18-15(14)19/h5-6,8,10,20H,3-4,7,9,11H2,1-2H3. The number of aliphatic hydroxyl groups is 1. The molecule has 0 aliphatic rings. The van der Waals surface area contributed by atoms with Gasteiger partial charge in [-0.2, -0.15) is 5.26 Å². The third-order valence-corrected chi connectivity index (χ3v) is 3.64. The zero-order valence-corrected chi connectivity index (χ0v) is 12.1. The normalized spacial score (nSPS) is 11.7. The highest BCUT2D eigenvalue weighted by Gasteiger charge is 2.15. The van der Waals surface area contributed by atoms with Crippen LogP contribution >= 0.6 is 0 Å². The number of hydrogen-bond acceptors (Lipinski definition) is 3. The van der Waals surface area contributed by atoms with Crippen LogP contribution in [0.15, 0.2) is 24.5 Å². The molecule has 0 radical (unpaired) electrons. The first kappa shape index (κ1) is 14.5. The summed E-state index contributed by atoms with van der Waals surface area (Å²) < 4.78 is 2.10. The molecular formula is C16H21N3O. The van der Waals surface area contributed by atoms with Gasteiger partial charge < -0.3 is 9.67 Å². The van der Waals surface area contributed by atoms with Gasteiger partial charge in [-0.05, 0) is 38.8 Å². The highest BCUT2D eigenvalue weighted by Crippen LogP contribution is 2.23. The first-order chi connectivity index (χ1) is 9.57. The molecule has 2 rings (SSSR count). The van der Waals surface area contributed by atoms with Gasteiger partial charge in [0.1, 0.15) is 5.65 Å². The number of aromatic nitrogens is 2. The van der Waals surface area contributed by atoms with Crippen molar-refractivity contribution in [2.75, 3.05) is 0 Å². The minimum Gasteiger partial charge on any atom is -0.392 e. The summed E-state index contributed by atoms with van der Waals surface area (Å²) in [6.07, 6.45) is 6.69. The molecule has 0 spiro atoms. The van der Waals surface area contributed by atoms with Crippen molar-refractivity contribution in [3.8, 4) is 6.07 Å². The molecule has 4 nitrogen and oxygen atoms in total. The van der Waals surface area contributed by atoms with Gasteiger partial charge >= 0.3 is 0 Å². The van der Waals surface area contributed by atoms with Crippen molar-refractivity contribution in [3.05, 3.63) is 30.1 Å². The second-order valence-electron chi connectivity index (χ2n) is 5.83. The van der Waals surface area contributed by atoms with Gasteiger partial charge in [0, 0.05) is 29.9 Å². The molecule has 0 amide bonds. The third kappa shape index (κ3) is 3.17. The van der Waals surface area contributed by atoms with Crippen LogP contribution in [0.4, 0.5) is 0 Å². The molecule has 1 N–H and O–H groups in total. The molecule has 0 aromatic carbocycles. The number of aliphatic hydroxyl groups excluding tert-OH is 1. The Morgan fingerprint density at radius 1 is 1.40 bits per heavy atom. The Bertz CT molecular complexity index is 622. The van der Waals surface area contributed by atoms with E-state index in [-0.39, 0.29) is 12.0 Å². The van der Waals surface area contributed by atoms with Crippen molar-refractivity contribution < 1.29 is 5.11 Å². The van der Waals surface area contributed by atoms with E-state index in [1.807, 2.05) is 32.2 Å². The topological polar surface area (TPSA) is 61.8 Å². The molecule has 0 unspecified atom stereocenters. The number of rotatable bonds is 6. The number of fused-ring (bicyclic) bond motifs is 1. The molecule has 0 aliphatic carbocycles. The lowest BCUT2D eigenvalue weighted by Gasteiger charge is -2.14. The van der Waals surface area contributed by atoms with E-state index in [1.165, 1.54) is 0 Å². The second kappa shape index (κ2) is 6.06. The fraction of sp³-hybridized carbons (Fsp3) is 0.500. The lowest BCUT2D eigenvalue weighted by molar-refractivity contribution is 0.283. The average Bonchev–Trinajstić information content (AvgIpc) is 2.82. The van der Waals surface area contributed by atoms with Crippen molar-refractivity contribution in [1.82, 2.24) is 9.55 Å². The van der Waals surface area contributed by atoms with E-state index in [0.717, 1.165) is 42.4 Å². The Kier molecular flexibility index (Phi) is 4.41. The largest absolute Gasteiger partial charge is 0.392 e. The number of nitrogens with zero attached hydrogens (tertiary/aromatic N) is 3. The van der Waals surface area contributed by atoms with E-state index in [0.29, 0.717) is 0 Å². The highest BCUT2D eigenvalue weighted by atomic mass is 16.3. The van der Waals surface area contributed by atoms with Gasteiger partial charge in [-0.15, -0.1) is 0 Å². The van der Waals surface area contributed by atoms with E-state index in [9.17, 15) is 5.11 Å². The van der Waals surface area contributed by atoms with Crippen LogP contribution in [0.25, 0.3) is 11.0 Å². The maximum Gasteiger partial charge on any atom is 0.140 e. The van der Waals surface area contributed by atoms with Crippen LogP contribution in [-0.4, -0.2) is 14.7 Å². The summed E-state index contributed by atoms with van der Waals surface area (Å²) in [6, 6.07) is 6.21. The first-order valence-corrected chi connectivity index (χ1v) is 7.02. The summed E-state index contributed by atoms with van der Waals surface area (Å²) in [5.74, 6) is 0. The van der Waals surface area contributed by atoms with E-state index in [1.54, 1.807) is 6.20 Å². The molecule has 0 aliphatic heterocycles. The Labute approximate surface area is 119 Å².